The Morgan fingerprint density at radius 3 is 2.33 bits per heavy atom. The zero-order valence-electron chi connectivity index (χ0n) is 29.4. The summed E-state index contributed by atoms with van der Waals surface area (Å²) >= 11 is 1.16. The molecule has 0 unspecified atom stereocenters. The third kappa shape index (κ3) is 7.05. The van der Waals surface area contributed by atoms with E-state index in [1.807, 2.05) is 13.8 Å². The summed E-state index contributed by atoms with van der Waals surface area (Å²) in [6.07, 6.45) is -3.00. The minimum atomic E-state index is -4.92. The monoisotopic (exact) mass is 734 g/mol. The minimum absolute atomic E-state index is 0.0756. The molecule has 2 saturated heterocycles. The number of rotatable bonds is 5. The van der Waals surface area contributed by atoms with Crippen LogP contribution in [-0.2, 0) is 10.9 Å². The second-order valence-corrected chi connectivity index (χ2v) is 16.3. The van der Waals surface area contributed by atoms with Gasteiger partial charge in [0.05, 0.1) is 17.1 Å². The second kappa shape index (κ2) is 13.2. The molecular formula is C36H43F5N6O3S. The lowest BCUT2D eigenvalue weighted by Crippen LogP contribution is -2.59. The molecule has 0 spiro atoms. The van der Waals surface area contributed by atoms with Crippen molar-refractivity contribution in [1.29, 1.82) is 0 Å². The molecule has 1 amide bonds. The summed E-state index contributed by atoms with van der Waals surface area (Å²) in [6.45, 7) is 13.3. The molecule has 0 N–H and O–H groups in total. The van der Waals surface area contributed by atoms with Crippen molar-refractivity contribution in [2.75, 3.05) is 56.5 Å². The highest BCUT2D eigenvalue weighted by Crippen LogP contribution is 2.50. The molecule has 3 aromatic rings. The van der Waals surface area contributed by atoms with Crippen LogP contribution in [0.25, 0.3) is 22.0 Å². The van der Waals surface area contributed by atoms with Gasteiger partial charge in [0.15, 0.2) is 0 Å². The molecule has 3 fully saturated rings. The molecule has 1 saturated carbocycles. The number of carbonyl (C=O) groups excluding carboxylic acids is 1. The molecule has 276 valence electrons. The van der Waals surface area contributed by atoms with E-state index >= 15 is 17.6 Å². The average Bonchev–Trinajstić information content (AvgIpc) is 3.89. The molecule has 15 heteroatoms. The first kappa shape index (κ1) is 36.0. The van der Waals surface area contributed by atoms with E-state index in [2.05, 4.69) is 14.8 Å². The summed E-state index contributed by atoms with van der Waals surface area (Å²) in [5.74, 6) is -1.70. The fourth-order valence-electron chi connectivity index (χ4n) is 7.67. The van der Waals surface area contributed by atoms with E-state index in [1.165, 1.54) is 17.4 Å². The van der Waals surface area contributed by atoms with E-state index in [0.29, 0.717) is 18.7 Å². The van der Waals surface area contributed by atoms with Gasteiger partial charge in [0, 0.05) is 97.2 Å². The number of nitrogens with zero attached hydrogens (tertiary/aromatic N) is 6. The summed E-state index contributed by atoms with van der Waals surface area (Å²) in [5.41, 5.74) is -3.00. The van der Waals surface area contributed by atoms with Gasteiger partial charge < -0.3 is 14.5 Å². The van der Waals surface area contributed by atoms with Crippen LogP contribution in [0.15, 0.2) is 34.0 Å². The van der Waals surface area contributed by atoms with Gasteiger partial charge in [0.25, 0.3) is 0 Å². The smallest absolute Gasteiger partial charge is 0.417 e. The fourth-order valence-corrected chi connectivity index (χ4v) is 9.00. The number of hydrogen-bond donors (Lipinski definition) is 0. The molecule has 2 aromatic carbocycles. The largest absolute Gasteiger partial charge is 0.444 e. The van der Waals surface area contributed by atoms with Gasteiger partial charge >= 0.3 is 18.0 Å². The van der Waals surface area contributed by atoms with Gasteiger partial charge in [0.1, 0.15) is 23.1 Å². The number of benzene rings is 2. The van der Waals surface area contributed by atoms with Gasteiger partial charge in [-0.3, -0.25) is 14.4 Å². The number of thioether (sulfide) groups is 1. The number of ether oxygens (including phenoxy) is 1. The summed E-state index contributed by atoms with van der Waals surface area (Å²) in [4.78, 5) is 40.0. The number of piperazine rings is 2. The normalized spacial score (nSPS) is 23.6. The van der Waals surface area contributed by atoms with Crippen LogP contribution in [-0.4, -0.2) is 106 Å². The summed E-state index contributed by atoms with van der Waals surface area (Å²) in [6, 6.07) is 2.86. The molecule has 9 nitrogen and oxygen atoms in total. The molecule has 1 aromatic heterocycles. The lowest BCUT2D eigenvalue weighted by atomic mass is 9.95. The van der Waals surface area contributed by atoms with Gasteiger partial charge in [-0.25, -0.2) is 18.4 Å². The van der Waals surface area contributed by atoms with Gasteiger partial charge in [-0.2, -0.15) is 18.2 Å². The molecule has 4 aliphatic rings. The minimum Gasteiger partial charge on any atom is -0.444 e. The van der Waals surface area contributed by atoms with E-state index in [1.54, 1.807) is 30.6 Å². The van der Waals surface area contributed by atoms with Gasteiger partial charge in [-0.15, -0.1) is 11.8 Å². The van der Waals surface area contributed by atoms with Crippen molar-refractivity contribution in [3.8, 4) is 11.1 Å². The molecule has 0 bridgehead atoms. The van der Waals surface area contributed by atoms with Crippen molar-refractivity contribution in [2.24, 2.45) is 0 Å². The summed E-state index contributed by atoms with van der Waals surface area (Å²) in [7, 11) is 0. The lowest BCUT2D eigenvalue weighted by Gasteiger charge is -2.45. The maximum Gasteiger partial charge on any atom is 0.417 e. The Balaban J connectivity index is 1.36. The highest BCUT2D eigenvalue weighted by Gasteiger charge is 2.42. The molecule has 7 rings (SSSR count). The number of anilines is 1. The van der Waals surface area contributed by atoms with Crippen molar-refractivity contribution >= 4 is 34.6 Å². The Hall–Kier alpha value is -3.43. The van der Waals surface area contributed by atoms with Crippen LogP contribution in [0.3, 0.4) is 0 Å². The zero-order valence-corrected chi connectivity index (χ0v) is 30.2. The predicted molar refractivity (Wildman–Crippen MR) is 186 cm³/mol. The highest BCUT2D eigenvalue weighted by molar-refractivity contribution is 7.99. The first-order valence-corrected chi connectivity index (χ1v) is 18.5. The van der Waals surface area contributed by atoms with E-state index in [0.717, 1.165) is 56.1 Å². The van der Waals surface area contributed by atoms with E-state index < -0.39 is 70.0 Å². The van der Waals surface area contributed by atoms with Crippen LogP contribution >= 0.6 is 11.8 Å². The average molecular weight is 735 g/mol. The maximum atomic E-state index is 15.4. The zero-order chi connectivity index (χ0) is 36.6. The lowest BCUT2D eigenvalue weighted by molar-refractivity contribution is -0.137. The van der Waals surface area contributed by atoms with Gasteiger partial charge in [0.2, 0.25) is 0 Å². The standard InChI is InChI=1S/C36H43F5N6O3S/c1-20-17-46(34(49)50-35(3,4)5)21(2)16-45(20)32-26-15-27(36(39,40)41)29(25-9-6-22(37)14-28(25)38)31-30(26)47(33(48)42-32)24(19-51-31)18-43-10-12-44(13-11-43)23-7-8-23/h6,9,14-15,20-21,23-24H,7-8,10-13,16-19H2,1-5H3/t20-,21-,24-/m0/s1. The third-order valence-electron chi connectivity index (χ3n) is 10.3. The number of alkyl halides is 3. The van der Waals surface area contributed by atoms with Crippen molar-refractivity contribution in [2.45, 2.75) is 88.3 Å². The third-order valence-corrected chi connectivity index (χ3v) is 11.5. The molecule has 3 aliphatic heterocycles. The molecule has 3 atom stereocenters. The van der Waals surface area contributed by atoms with Crippen molar-refractivity contribution in [1.82, 2.24) is 24.3 Å². The van der Waals surface area contributed by atoms with Crippen molar-refractivity contribution in [3.05, 3.63) is 51.9 Å². The Bertz CT molecular complexity index is 1900. The summed E-state index contributed by atoms with van der Waals surface area (Å²) < 4.78 is 81.8. The topological polar surface area (TPSA) is 74.2 Å². The number of carbonyl (C=O) groups is 1. The molecule has 1 aliphatic carbocycles. The van der Waals surface area contributed by atoms with E-state index in [9.17, 15) is 14.0 Å². The molecular weight excluding hydrogens is 691 g/mol. The Morgan fingerprint density at radius 1 is 1.00 bits per heavy atom. The van der Waals surface area contributed by atoms with E-state index in [-0.39, 0.29) is 40.5 Å². The molecule has 51 heavy (non-hydrogen) atoms. The molecule has 0 radical (unpaired) electrons. The number of halogens is 5. The van der Waals surface area contributed by atoms with Gasteiger partial charge in [-0.1, -0.05) is 0 Å². The number of aromatic nitrogens is 2. The van der Waals surface area contributed by atoms with Crippen LogP contribution in [0.4, 0.5) is 32.6 Å². The first-order chi connectivity index (χ1) is 24.0. The highest BCUT2D eigenvalue weighted by atomic mass is 32.2. The number of amides is 1. The Labute approximate surface area is 297 Å². The van der Waals surface area contributed by atoms with Crippen LogP contribution in [0.1, 0.15) is 59.1 Å². The van der Waals surface area contributed by atoms with Crippen LogP contribution in [0.5, 0.6) is 0 Å². The van der Waals surface area contributed by atoms with E-state index in [4.69, 9.17) is 4.74 Å². The predicted octanol–water partition coefficient (Wildman–Crippen LogP) is 6.62. The van der Waals surface area contributed by atoms with Crippen molar-refractivity contribution < 1.29 is 31.5 Å². The van der Waals surface area contributed by atoms with Gasteiger partial charge in [-0.05, 0) is 65.7 Å². The second-order valence-electron chi connectivity index (χ2n) is 15.3. The molecule has 4 heterocycles. The van der Waals surface area contributed by atoms with Crippen LogP contribution in [0, 0.1) is 11.6 Å². The van der Waals surface area contributed by atoms with Crippen molar-refractivity contribution in [3.63, 3.8) is 0 Å². The quantitative estimate of drug-likeness (QED) is 0.271. The summed E-state index contributed by atoms with van der Waals surface area (Å²) in [5, 5.41) is 0.115. The van der Waals surface area contributed by atoms with Crippen LogP contribution in [0.2, 0.25) is 0 Å². The fraction of sp³-hybridized carbons (Fsp3) is 0.583. The van der Waals surface area contributed by atoms with Crippen LogP contribution < -0.4 is 10.6 Å². The Morgan fingerprint density at radius 2 is 1.71 bits per heavy atom. The maximum absolute atomic E-state index is 15.4. The first-order valence-electron chi connectivity index (χ1n) is 17.5. The Kier molecular flexibility index (Phi) is 9.31. The SMILES string of the molecule is C[C@H]1CN(c2nc(=O)n3c4c(c(-c5ccc(F)cc5F)c(C(F)(F)F)cc24)SC[C@@H]3CN2CCN(C3CC3)CC2)[C@@H](C)CN1C(=O)OC(C)(C)C. The number of hydrogen-bond acceptors (Lipinski definition) is 8.